The molecular formula is C25H24N2O4. The third-order valence-corrected chi connectivity index (χ3v) is 4.37. The molecule has 0 fully saturated rings. The number of ether oxygens (including phenoxy) is 2. The molecule has 0 aliphatic heterocycles. The number of carbonyl (C=O) groups excluding carboxylic acids is 2. The van der Waals surface area contributed by atoms with Crippen LogP contribution in [0.2, 0.25) is 0 Å². The molecule has 0 saturated heterocycles. The monoisotopic (exact) mass is 416 g/mol. The first-order chi connectivity index (χ1) is 15.1. The average molecular weight is 416 g/mol. The molecule has 0 atom stereocenters. The zero-order chi connectivity index (χ0) is 22.1. The summed E-state index contributed by atoms with van der Waals surface area (Å²) in [5.41, 5.74) is 1.93. The fraction of sp³-hybridized carbons (Fsp3) is 0.120. The third kappa shape index (κ3) is 6.21. The molecule has 0 spiro atoms. The molecule has 0 radical (unpaired) electrons. The number of hydrogen-bond donors (Lipinski definition) is 2. The van der Waals surface area contributed by atoms with Gasteiger partial charge in [0.05, 0.1) is 12.3 Å². The van der Waals surface area contributed by atoms with Crippen LogP contribution in [0, 0.1) is 0 Å². The van der Waals surface area contributed by atoms with Crippen LogP contribution in [0.15, 0.2) is 85.5 Å². The zero-order valence-electron chi connectivity index (χ0n) is 17.3. The van der Waals surface area contributed by atoms with Gasteiger partial charge < -0.3 is 20.1 Å². The highest BCUT2D eigenvalue weighted by Gasteiger charge is 2.11. The second-order valence-electron chi connectivity index (χ2n) is 6.58. The molecule has 0 aliphatic carbocycles. The first-order valence-electron chi connectivity index (χ1n) is 9.89. The molecular weight excluding hydrogens is 392 g/mol. The summed E-state index contributed by atoms with van der Waals surface area (Å²) in [4.78, 5) is 24.0. The Morgan fingerprint density at radius 3 is 2.29 bits per heavy atom. The maximum Gasteiger partial charge on any atom is 0.255 e. The largest absolute Gasteiger partial charge is 0.494 e. The first kappa shape index (κ1) is 21.6. The number of amides is 2. The van der Waals surface area contributed by atoms with Gasteiger partial charge in [-0.2, -0.15) is 0 Å². The highest BCUT2D eigenvalue weighted by Crippen LogP contribution is 2.30. The lowest BCUT2D eigenvalue weighted by atomic mass is 10.1. The summed E-state index contributed by atoms with van der Waals surface area (Å²) in [6.45, 7) is 6.31. The van der Waals surface area contributed by atoms with Crippen molar-refractivity contribution < 1.29 is 19.1 Å². The highest BCUT2D eigenvalue weighted by atomic mass is 16.5. The van der Waals surface area contributed by atoms with Crippen molar-refractivity contribution in [3.8, 4) is 17.2 Å². The van der Waals surface area contributed by atoms with E-state index >= 15 is 0 Å². The van der Waals surface area contributed by atoms with Gasteiger partial charge in [-0.15, -0.1) is 0 Å². The van der Waals surface area contributed by atoms with Crippen LogP contribution in [0.4, 0.5) is 5.69 Å². The SMILES string of the molecule is C=CC(=O)NCc1ccc(C(=O)Nc2ccccc2Oc2ccc(OCC)cc2)cc1. The summed E-state index contributed by atoms with van der Waals surface area (Å²) >= 11 is 0. The van der Waals surface area contributed by atoms with Crippen LogP contribution in [0.1, 0.15) is 22.8 Å². The van der Waals surface area contributed by atoms with E-state index in [1.807, 2.05) is 43.3 Å². The van der Waals surface area contributed by atoms with Gasteiger partial charge >= 0.3 is 0 Å². The maximum atomic E-state index is 12.7. The van der Waals surface area contributed by atoms with Gasteiger partial charge in [0, 0.05) is 12.1 Å². The van der Waals surface area contributed by atoms with Gasteiger partial charge in [-0.3, -0.25) is 9.59 Å². The van der Waals surface area contributed by atoms with Crippen molar-refractivity contribution >= 4 is 17.5 Å². The Morgan fingerprint density at radius 2 is 1.61 bits per heavy atom. The Kier molecular flexibility index (Phi) is 7.43. The molecule has 6 nitrogen and oxygen atoms in total. The fourth-order valence-corrected chi connectivity index (χ4v) is 2.79. The molecule has 0 heterocycles. The van der Waals surface area contributed by atoms with Gasteiger partial charge in [0.2, 0.25) is 5.91 Å². The Morgan fingerprint density at radius 1 is 0.935 bits per heavy atom. The average Bonchev–Trinajstić information content (AvgIpc) is 2.80. The number of anilines is 1. The van der Waals surface area contributed by atoms with Crippen molar-refractivity contribution in [1.29, 1.82) is 0 Å². The first-order valence-corrected chi connectivity index (χ1v) is 9.89. The minimum atomic E-state index is -0.260. The van der Waals surface area contributed by atoms with E-state index in [9.17, 15) is 9.59 Å². The van der Waals surface area contributed by atoms with Crippen molar-refractivity contribution in [2.75, 3.05) is 11.9 Å². The van der Waals surface area contributed by atoms with E-state index in [1.54, 1.807) is 36.4 Å². The van der Waals surface area contributed by atoms with E-state index in [-0.39, 0.29) is 11.8 Å². The molecule has 3 aromatic rings. The Hall–Kier alpha value is -4.06. The van der Waals surface area contributed by atoms with Crippen LogP contribution in [0.3, 0.4) is 0 Å². The van der Waals surface area contributed by atoms with E-state index in [2.05, 4.69) is 17.2 Å². The van der Waals surface area contributed by atoms with Crippen molar-refractivity contribution in [1.82, 2.24) is 5.32 Å². The van der Waals surface area contributed by atoms with Gasteiger partial charge in [0.1, 0.15) is 11.5 Å². The highest BCUT2D eigenvalue weighted by molar-refractivity contribution is 6.05. The number of rotatable bonds is 9. The number of para-hydroxylation sites is 2. The van der Waals surface area contributed by atoms with E-state index < -0.39 is 0 Å². The number of carbonyl (C=O) groups is 2. The predicted octanol–water partition coefficient (Wildman–Crippen LogP) is 4.93. The van der Waals surface area contributed by atoms with E-state index in [0.29, 0.717) is 35.9 Å². The van der Waals surface area contributed by atoms with Crippen molar-refractivity contribution in [3.63, 3.8) is 0 Å². The Labute approximate surface area is 181 Å². The molecule has 2 N–H and O–H groups in total. The zero-order valence-corrected chi connectivity index (χ0v) is 17.3. The summed E-state index contributed by atoms with van der Waals surface area (Å²) < 4.78 is 11.4. The summed E-state index contributed by atoms with van der Waals surface area (Å²) in [6.07, 6.45) is 1.22. The normalized spacial score (nSPS) is 10.1. The van der Waals surface area contributed by atoms with Crippen molar-refractivity contribution in [2.24, 2.45) is 0 Å². The van der Waals surface area contributed by atoms with Crippen molar-refractivity contribution in [2.45, 2.75) is 13.5 Å². The standard InChI is InChI=1S/C25H24N2O4/c1-3-24(28)26-17-18-9-11-19(12-10-18)25(29)27-22-7-5-6-8-23(22)31-21-15-13-20(14-16-21)30-4-2/h3,5-16H,1,4,17H2,2H3,(H,26,28)(H,27,29). The van der Waals surface area contributed by atoms with Crippen LogP contribution in [-0.4, -0.2) is 18.4 Å². The van der Waals surface area contributed by atoms with Crippen LogP contribution < -0.4 is 20.1 Å². The Bertz CT molecular complexity index is 1040. The van der Waals surface area contributed by atoms with Gasteiger partial charge in [-0.1, -0.05) is 30.8 Å². The molecule has 0 saturated carbocycles. The summed E-state index contributed by atoms with van der Waals surface area (Å²) in [5.74, 6) is 1.43. The molecule has 0 aromatic heterocycles. The van der Waals surface area contributed by atoms with Gasteiger partial charge in [0.15, 0.2) is 5.75 Å². The summed E-state index contributed by atoms with van der Waals surface area (Å²) in [7, 11) is 0. The molecule has 158 valence electrons. The predicted molar refractivity (Wildman–Crippen MR) is 121 cm³/mol. The Balaban J connectivity index is 1.66. The van der Waals surface area contributed by atoms with E-state index in [0.717, 1.165) is 11.3 Å². The van der Waals surface area contributed by atoms with Crippen LogP contribution in [-0.2, 0) is 11.3 Å². The van der Waals surface area contributed by atoms with Gasteiger partial charge in [-0.25, -0.2) is 0 Å². The smallest absolute Gasteiger partial charge is 0.255 e. The van der Waals surface area contributed by atoms with Gasteiger partial charge in [0.25, 0.3) is 5.91 Å². The van der Waals surface area contributed by atoms with Crippen LogP contribution in [0.25, 0.3) is 0 Å². The number of benzene rings is 3. The second-order valence-corrected chi connectivity index (χ2v) is 6.58. The number of nitrogens with one attached hydrogen (secondary N) is 2. The molecule has 0 bridgehead atoms. The maximum absolute atomic E-state index is 12.7. The molecule has 0 unspecified atom stereocenters. The van der Waals surface area contributed by atoms with Crippen LogP contribution >= 0.6 is 0 Å². The van der Waals surface area contributed by atoms with Crippen molar-refractivity contribution in [3.05, 3.63) is 96.6 Å². The molecule has 3 aromatic carbocycles. The number of hydrogen-bond acceptors (Lipinski definition) is 4. The molecule has 6 heteroatoms. The second kappa shape index (κ2) is 10.6. The van der Waals surface area contributed by atoms with Crippen LogP contribution in [0.5, 0.6) is 17.2 Å². The molecule has 0 aliphatic rings. The third-order valence-electron chi connectivity index (χ3n) is 4.37. The van der Waals surface area contributed by atoms with E-state index in [1.165, 1.54) is 6.08 Å². The topological polar surface area (TPSA) is 76.7 Å². The fourth-order valence-electron chi connectivity index (χ4n) is 2.79. The van der Waals surface area contributed by atoms with Gasteiger partial charge in [-0.05, 0) is 67.1 Å². The minimum absolute atomic E-state index is 0.244. The molecule has 3 rings (SSSR count). The molecule has 2 amide bonds. The lowest BCUT2D eigenvalue weighted by Crippen LogP contribution is -2.20. The quantitative estimate of drug-likeness (QED) is 0.485. The lowest BCUT2D eigenvalue weighted by molar-refractivity contribution is -0.116. The molecule has 31 heavy (non-hydrogen) atoms. The summed E-state index contributed by atoms with van der Waals surface area (Å²) in [6, 6.07) is 21.5. The lowest BCUT2D eigenvalue weighted by Gasteiger charge is -2.13. The van der Waals surface area contributed by atoms with E-state index in [4.69, 9.17) is 9.47 Å². The minimum Gasteiger partial charge on any atom is -0.494 e. The summed E-state index contributed by atoms with van der Waals surface area (Å²) in [5, 5.41) is 5.58.